The van der Waals surface area contributed by atoms with Crippen LogP contribution in [0.5, 0.6) is 0 Å². The molecule has 1 N–H and O–H groups in total. The average molecular weight is 386 g/mol. The molecule has 2 heterocycles. The fourth-order valence-corrected chi connectivity index (χ4v) is 2.94. The lowest BCUT2D eigenvalue weighted by Crippen LogP contribution is -2.12. The molecule has 0 unspecified atom stereocenters. The van der Waals surface area contributed by atoms with Crippen molar-refractivity contribution in [2.45, 2.75) is 20.3 Å². The number of hydrogen-bond donors (Lipinski definition) is 1. The quantitative estimate of drug-likeness (QED) is 0.508. The lowest BCUT2D eigenvalue weighted by Gasteiger charge is -1.98. The third-order valence-electron chi connectivity index (χ3n) is 3.62. The van der Waals surface area contributed by atoms with Gasteiger partial charge < -0.3 is 4.42 Å². The Hall–Kier alpha value is -3.40. The second kappa shape index (κ2) is 7.46. The third-order valence-corrected chi connectivity index (χ3v) is 4.29. The van der Waals surface area contributed by atoms with Crippen LogP contribution in [0.25, 0.3) is 11.3 Å². The van der Waals surface area contributed by atoms with Gasteiger partial charge in [-0.05, 0) is 32.0 Å². The predicted octanol–water partition coefficient (Wildman–Crippen LogP) is 3.40. The molecular formula is C17H14N4O5S. The minimum Gasteiger partial charge on any atom is -0.461 e. The SMILES string of the molecule is CC(=O)Cc1nsc(NC(=O)c2cc(-c3ccc([N+](=O)[O-])cc3)oc2C)n1. The number of hydrogen-bond acceptors (Lipinski definition) is 8. The largest absolute Gasteiger partial charge is 0.461 e. The molecule has 0 spiro atoms. The monoisotopic (exact) mass is 386 g/mol. The smallest absolute Gasteiger partial charge is 0.269 e. The Morgan fingerprint density at radius 3 is 2.63 bits per heavy atom. The standard InChI is InChI=1S/C17H14N4O5S/c1-9(22)7-15-18-17(27-20-15)19-16(23)13-8-14(26-10(13)2)11-3-5-12(6-4-11)21(24)25/h3-6,8H,7H2,1-2H3,(H,18,19,20,23). The Labute approximate surface area is 157 Å². The lowest BCUT2D eigenvalue weighted by atomic mass is 10.1. The molecule has 0 aliphatic carbocycles. The van der Waals surface area contributed by atoms with E-state index in [1.807, 2.05) is 0 Å². The summed E-state index contributed by atoms with van der Waals surface area (Å²) in [6, 6.07) is 7.40. The summed E-state index contributed by atoms with van der Waals surface area (Å²) in [6.07, 6.45) is 0.113. The van der Waals surface area contributed by atoms with Crippen LogP contribution < -0.4 is 5.32 Å². The highest BCUT2D eigenvalue weighted by atomic mass is 32.1. The van der Waals surface area contributed by atoms with E-state index in [-0.39, 0.29) is 23.0 Å². The number of non-ortho nitro benzene ring substituents is 1. The number of benzene rings is 1. The van der Waals surface area contributed by atoms with Crippen LogP contribution in [0, 0.1) is 17.0 Å². The molecule has 0 fully saturated rings. The number of nitrogens with zero attached hydrogens (tertiary/aromatic N) is 3. The summed E-state index contributed by atoms with van der Waals surface area (Å²) in [6.45, 7) is 3.08. The Balaban J connectivity index is 1.77. The maximum absolute atomic E-state index is 12.5. The van der Waals surface area contributed by atoms with E-state index < -0.39 is 10.8 Å². The second-order valence-corrected chi connectivity index (χ2v) is 6.49. The fourth-order valence-electron chi connectivity index (χ4n) is 2.36. The minimum absolute atomic E-state index is 0.0300. The first kappa shape index (κ1) is 18.4. The van der Waals surface area contributed by atoms with Gasteiger partial charge >= 0.3 is 0 Å². The van der Waals surface area contributed by atoms with Gasteiger partial charge in [0, 0.05) is 29.2 Å². The molecule has 0 atom stereocenters. The number of amides is 1. The maximum atomic E-state index is 12.5. The average Bonchev–Trinajstić information content (AvgIpc) is 3.20. The van der Waals surface area contributed by atoms with Crippen LogP contribution in [0.3, 0.4) is 0 Å². The summed E-state index contributed by atoms with van der Waals surface area (Å²) in [5, 5.41) is 13.6. The Bertz CT molecular complexity index is 1020. The molecule has 9 nitrogen and oxygen atoms in total. The Morgan fingerprint density at radius 1 is 1.30 bits per heavy atom. The van der Waals surface area contributed by atoms with E-state index >= 15 is 0 Å². The zero-order valence-electron chi connectivity index (χ0n) is 14.4. The van der Waals surface area contributed by atoms with Crippen LogP contribution in [0.2, 0.25) is 0 Å². The molecule has 0 saturated heterocycles. The number of nitro groups is 1. The zero-order chi connectivity index (χ0) is 19.6. The number of carbonyl (C=O) groups excluding carboxylic acids is 2. The van der Waals surface area contributed by atoms with Crippen LogP contribution in [-0.4, -0.2) is 26.0 Å². The highest BCUT2D eigenvalue weighted by molar-refractivity contribution is 7.09. The summed E-state index contributed by atoms with van der Waals surface area (Å²) in [7, 11) is 0. The number of furan rings is 1. The first-order valence-corrected chi connectivity index (χ1v) is 8.59. The molecule has 3 rings (SSSR count). The number of anilines is 1. The van der Waals surface area contributed by atoms with Crippen molar-refractivity contribution in [3.8, 4) is 11.3 Å². The molecule has 3 aromatic rings. The van der Waals surface area contributed by atoms with E-state index in [0.717, 1.165) is 11.5 Å². The van der Waals surface area contributed by atoms with E-state index in [9.17, 15) is 19.7 Å². The number of aryl methyl sites for hydroxylation is 1. The minimum atomic E-state index is -0.488. The van der Waals surface area contributed by atoms with Gasteiger partial charge in [0.25, 0.3) is 11.6 Å². The molecule has 138 valence electrons. The number of rotatable bonds is 6. The van der Waals surface area contributed by atoms with Gasteiger partial charge in [-0.25, -0.2) is 4.98 Å². The molecule has 10 heteroatoms. The van der Waals surface area contributed by atoms with Crippen LogP contribution in [0.15, 0.2) is 34.7 Å². The van der Waals surface area contributed by atoms with Crippen molar-refractivity contribution in [2.24, 2.45) is 0 Å². The van der Waals surface area contributed by atoms with E-state index in [0.29, 0.717) is 28.5 Å². The van der Waals surface area contributed by atoms with E-state index in [1.165, 1.54) is 19.1 Å². The number of Topliss-reactive ketones (excluding diaryl/α,β-unsaturated/α-hetero) is 1. The third kappa shape index (κ3) is 4.23. The predicted molar refractivity (Wildman–Crippen MR) is 97.8 cm³/mol. The van der Waals surface area contributed by atoms with Gasteiger partial charge in [-0.1, -0.05) is 0 Å². The molecule has 1 amide bonds. The van der Waals surface area contributed by atoms with Gasteiger partial charge in [-0.15, -0.1) is 0 Å². The number of nitro benzene ring substituents is 1. The van der Waals surface area contributed by atoms with E-state index in [2.05, 4.69) is 14.7 Å². The van der Waals surface area contributed by atoms with Crippen LogP contribution in [0.1, 0.15) is 28.9 Å². The molecule has 27 heavy (non-hydrogen) atoms. The Morgan fingerprint density at radius 2 is 2.00 bits per heavy atom. The maximum Gasteiger partial charge on any atom is 0.269 e. The normalized spacial score (nSPS) is 10.6. The molecule has 0 aliphatic rings. The highest BCUT2D eigenvalue weighted by Crippen LogP contribution is 2.27. The van der Waals surface area contributed by atoms with Gasteiger partial charge in [0.05, 0.1) is 16.9 Å². The van der Waals surface area contributed by atoms with Crippen molar-refractivity contribution in [3.63, 3.8) is 0 Å². The van der Waals surface area contributed by atoms with Crippen molar-refractivity contribution < 1.29 is 18.9 Å². The highest BCUT2D eigenvalue weighted by Gasteiger charge is 2.18. The van der Waals surface area contributed by atoms with Crippen LogP contribution in [-0.2, 0) is 11.2 Å². The number of aromatic nitrogens is 2. The summed E-state index contributed by atoms with van der Waals surface area (Å²) in [4.78, 5) is 37.9. The fraction of sp³-hybridized carbons (Fsp3) is 0.176. The summed E-state index contributed by atoms with van der Waals surface area (Å²) in [5.41, 5.74) is 0.895. The summed E-state index contributed by atoms with van der Waals surface area (Å²) in [5.74, 6) is 0.689. The van der Waals surface area contributed by atoms with E-state index in [4.69, 9.17) is 4.42 Å². The molecule has 0 radical (unpaired) electrons. The van der Waals surface area contributed by atoms with Gasteiger partial charge in [0.15, 0.2) is 5.82 Å². The van der Waals surface area contributed by atoms with Crippen molar-refractivity contribution in [2.75, 3.05) is 5.32 Å². The Kier molecular flexibility index (Phi) is 5.08. The summed E-state index contributed by atoms with van der Waals surface area (Å²) >= 11 is 0.988. The number of ketones is 1. The number of carbonyl (C=O) groups is 2. The van der Waals surface area contributed by atoms with Crippen molar-refractivity contribution in [1.29, 1.82) is 0 Å². The molecule has 0 aliphatic heterocycles. The molecule has 0 saturated carbocycles. The van der Waals surface area contributed by atoms with Crippen molar-refractivity contribution in [1.82, 2.24) is 9.36 Å². The van der Waals surface area contributed by atoms with Gasteiger partial charge in [0.2, 0.25) is 5.13 Å². The molecular weight excluding hydrogens is 372 g/mol. The summed E-state index contributed by atoms with van der Waals surface area (Å²) < 4.78 is 9.63. The van der Waals surface area contributed by atoms with Gasteiger partial charge in [-0.2, -0.15) is 4.37 Å². The molecule has 1 aromatic carbocycles. The molecule has 0 bridgehead atoms. The van der Waals surface area contributed by atoms with Gasteiger partial charge in [-0.3, -0.25) is 25.0 Å². The first-order valence-electron chi connectivity index (χ1n) is 7.82. The van der Waals surface area contributed by atoms with Crippen LogP contribution >= 0.6 is 11.5 Å². The first-order chi connectivity index (χ1) is 12.8. The second-order valence-electron chi connectivity index (χ2n) is 5.73. The zero-order valence-corrected chi connectivity index (χ0v) is 15.2. The van der Waals surface area contributed by atoms with Crippen molar-refractivity contribution in [3.05, 3.63) is 57.6 Å². The number of nitrogens with one attached hydrogen (secondary N) is 1. The molecule has 2 aromatic heterocycles. The van der Waals surface area contributed by atoms with E-state index in [1.54, 1.807) is 25.1 Å². The van der Waals surface area contributed by atoms with Gasteiger partial charge in [0.1, 0.15) is 17.3 Å². The van der Waals surface area contributed by atoms with Crippen LogP contribution in [0.4, 0.5) is 10.8 Å². The van der Waals surface area contributed by atoms with Crippen molar-refractivity contribution >= 4 is 34.0 Å². The topological polar surface area (TPSA) is 128 Å². The lowest BCUT2D eigenvalue weighted by molar-refractivity contribution is -0.384.